The molecule has 8 heteroatoms. The zero-order valence-electron chi connectivity index (χ0n) is 18.6. The van der Waals surface area contributed by atoms with Crippen LogP contribution in [-0.4, -0.2) is 31.0 Å². The zero-order valence-corrected chi connectivity index (χ0v) is 20.1. The number of aryl methyl sites for hydroxylation is 1. The lowest BCUT2D eigenvalue weighted by molar-refractivity contribution is -0.132. The molecule has 1 aliphatic heterocycles. The Morgan fingerprint density at radius 3 is 2.06 bits per heavy atom. The second kappa shape index (κ2) is 9.41. The summed E-state index contributed by atoms with van der Waals surface area (Å²) < 4.78 is 10.8. The van der Waals surface area contributed by atoms with Gasteiger partial charge >= 0.3 is 0 Å². The highest BCUT2D eigenvalue weighted by molar-refractivity contribution is 6.52. The van der Waals surface area contributed by atoms with Gasteiger partial charge in [-0.3, -0.25) is 14.5 Å². The van der Waals surface area contributed by atoms with E-state index < -0.39 is 23.5 Å². The van der Waals surface area contributed by atoms with Crippen LogP contribution in [0, 0.1) is 6.92 Å². The molecule has 1 N–H and O–H groups in total. The van der Waals surface area contributed by atoms with Gasteiger partial charge in [0, 0.05) is 15.7 Å². The van der Waals surface area contributed by atoms with E-state index in [1.807, 2.05) is 25.1 Å². The number of Topliss-reactive ketones (excluding diaryl/α,β-unsaturated/α-hetero) is 1. The molecule has 0 aliphatic carbocycles. The number of aliphatic hydroxyl groups is 1. The first-order valence-electron chi connectivity index (χ1n) is 10.3. The fourth-order valence-corrected chi connectivity index (χ4v) is 4.67. The molecule has 6 nitrogen and oxygen atoms in total. The van der Waals surface area contributed by atoms with E-state index >= 15 is 0 Å². The van der Waals surface area contributed by atoms with Gasteiger partial charge in [-0.15, -0.1) is 0 Å². The third-order valence-electron chi connectivity index (χ3n) is 5.59. The Bertz CT molecular complexity index is 1290. The van der Waals surface area contributed by atoms with E-state index in [1.165, 1.54) is 25.2 Å². The van der Waals surface area contributed by atoms with Crippen molar-refractivity contribution in [2.75, 3.05) is 19.1 Å². The molecule has 174 valence electrons. The first-order valence-corrected chi connectivity index (χ1v) is 11.1. The predicted molar refractivity (Wildman–Crippen MR) is 132 cm³/mol. The quantitative estimate of drug-likeness (QED) is 0.268. The van der Waals surface area contributed by atoms with Gasteiger partial charge in [-0.1, -0.05) is 59.1 Å². The number of benzene rings is 3. The molecule has 1 amide bonds. The maximum atomic E-state index is 13.4. The van der Waals surface area contributed by atoms with Crippen LogP contribution in [0.2, 0.25) is 10.0 Å². The standard InChI is InChI=1S/C26H21Cl2NO5/c1-14-6-4-7-15(10-14)23-22(24(30)21-19(33-2)8-5-9-20(21)34-3)25(31)26(32)29(23)18-12-16(27)11-17(28)13-18/h4-13,23,30H,1-3H3/b24-22+. The molecule has 0 radical (unpaired) electrons. The molecule has 0 saturated carbocycles. The number of nitrogens with zero attached hydrogens (tertiary/aromatic N) is 1. The molecule has 0 bridgehead atoms. The molecule has 0 spiro atoms. The fourth-order valence-electron chi connectivity index (χ4n) is 4.15. The fraction of sp³-hybridized carbons (Fsp3) is 0.154. The minimum absolute atomic E-state index is 0.102. The van der Waals surface area contributed by atoms with Gasteiger partial charge in [-0.25, -0.2) is 0 Å². The van der Waals surface area contributed by atoms with Gasteiger partial charge in [0.2, 0.25) is 0 Å². The van der Waals surface area contributed by atoms with Crippen molar-refractivity contribution in [3.8, 4) is 11.5 Å². The third-order valence-corrected chi connectivity index (χ3v) is 6.03. The first kappa shape index (κ1) is 23.7. The van der Waals surface area contributed by atoms with Crippen molar-refractivity contribution < 1.29 is 24.2 Å². The number of halogens is 2. The number of hydrogen-bond acceptors (Lipinski definition) is 5. The molecule has 1 unspecified atom stereocenters. The van der Waals surface area contributed by atoms with E-state index in [-0.39, 0.29) is 22.6 Å². The highest BCUT2D eigenvalue weighted by Crippen LogP contribution is 2.45. The molecule has 34 heavy (non-hydrogen) atoms. The van der Waals surface area contributed by atoms with Crippen LogP contribution in [0.1, 0.15) is 22.7 Å². The summed E-state index contributed by atoms with van der Waals surface area (Å²) in [5, 5.41) is 12.1. The van der Waals surface area contributed by atoms with Gasteiger partial charge in [0.15, 0.2) is 0 Å². The van der Waals surface area contributed by atoms with E-state index in [0.29, 0.717) is 21.3 Å². The van der Waals surface area contributed by atoms with Crippen LogP contribution in [-0.2, 0) is 9.59 Å². The zero-order chi connectivity index (χ0) is 24.6. The van der Waals surface area contributed by atoms with Crippen LogP contribution in [0.4, 0.5) is 5.69 Å². The molecule has 1 atom stereocenters. The smallest absolute Gasteiger partial charge is 0.300 e. The average molecular weight is 498 g/mol. The third kappa shape index (κ3) is 4.11. The van der Waals surface area contributed by atoms with Crippen molar-refractivity contribution in [3.63, 3.8) is 0 Å². The number of methoxy groups -OCH3 is 2. The Morgan fingerprint density at radius 2 is 1.50 bits per heavy atom. The molecule has 3 aromatic rings. The molecule has 1 heterocycles. The van der Waals surface area contributed by atoms with E-state index in [1.54, 1.807) is 36.4 Å². The Morgan fingerprint density at radius 1 is 0.912 bits per heavy atom. The van der Waals surface area contributed by atoms with Gasteiger partial charge in [0.25, 0.3) is 11.7 Å². The molecular formula is C26H21Cl2NO5. The second-order valence-corrected chi connectivity index (χ2v) is 8.62. The van der Waals surface area contributed by atoms with Gasteiger partial charge < -0.3 is 14.6 Å². The lowest BCUT2D eigenvalue weighted by atomic mass is 9.93. The van der Waals surface area contributed by atoms with Crippen LogP contribution in [0.5, 0.6) is 11.5 Å². The van der Waals surface area contributed by atoms with Crippen molar-refractivity contribution >= 4 is 46.3 Å². The summed E-state index contributed by atoms with van der Waals surface area (Å²) >= 11 is 12.4. The van der Waals surface area contributed by atoms with Crippen LogP contribution in [0.25, 0.3) is 5.76 Å². The van der Waals surface area contributed by atoms with Gasteiger partial charge in [-0.2, -0.15) is 0 Å². The summed E-state index contributed by atoms with van der Waals surface area (Å²) in [7, 11) is 2.88. The van der Waals surface area contributed by atoms with Crippen LogP contribution < -0.4 is 14.4 Å². The monoisotopic (exact) mass is 497 g/mol. The van der Waals surface area contributed by atoms with Gasteiger partial charge in [0.05, 0.1) is 25.8 Å². The molecule has 1 aliphatic rings. The Hall–Kier alpha value is -3.48. The van der Waals surface area contributed by atoms with Crippen LogP contribution in [0.15, 0.2) is 66.2 Å². The lowest BCUT2D eigenvalue weighted by Crippen LogP contribution is -2.29. The largest absolute Gasteiger partial charge is 0.506 e. The van der Waals surface area contributed by atoms with Gasteiger partial charge in [0.1, 0.15) is 22.8 Å². The number of ketones is 1. The van der Waals surface area contributed by atoms with Gasteiger partial charge in [-0.05, 0) is 42.8 Å². The Labute approximate surface area is 206 Å². The molecule has 0 aromatic heterocycles. The van der Waals surface area contributed by atoms with E-state index in [2.05, 4.69) is 0 Å². The van der Waals surface area contributed by atoms with Crippen molar-refractivity contribution in [1.29, 1.82) is 0 Å². The maximum absolute atomic E-state index is 13.4. The summed E-state index contributed by atoms with van der Waals surface area (Å²) in [6.45, 7) is 1.90. The number of rotatable bonds is 5. The molecule has 1 saturated heterocycles. The summed E-state index contributed by atoms with van der Waals surface area (Å²) in [4.78, 5) is 28.0. The highest BCUT2D eigenvalue weighted by Gasteiger charge is 2.47. The number of amides is 1. The maximum Gasteiger partial charge on any atom is 0.300 e. The summed E-state index contributed by atoms with van der Waals surface area (Å²) in [6, 6.07) is 16.0. The van der Waals surface area contributed by atoms with E-state index in [4.69, 9.17) is 32.7 Å². The molecule has 3 aromatic carbocycles. The predicted octanol–water partition coefficient (Wildman–Crippen LogP) is 5.95. The minimum Gasteiger partial charge on any atom is -0.506 e. The molecule has 1 fully saturated rings. The normalized spacial score (nSPS) is 17.2. The highest BCUT2D eigenvalue weighted by atomic mass is 35.5. The van der Waals surface area contributed by atoms with Crippen LogP contribution in [0.3, 0.4) is 0 Å². The molecular weight excluding hydrogens is 477 g/mol. The number of hydrogen-bond donors (Lipinski definition) is 1. The molecule has 4 rings (SSSR count). The number of anilines is 1. The number of ether oxygens (including phenoxy) is 2. The number of carbonyl (C=O) groups excluding carboxylic acids is 2. The van der Waals surface area contributed by atoms with Crippen molar-refractivity contribution in [2.24, 2.45) is 0 Å². The number of aliphatic hydroxyl groups excluding tert-OH is 1. The second-order valence-electron chi connectivity index (χ2n) is 7.75. The van der Waals surface area contributed by atoms with Crippen molar-refractivity contribution in [1.82, 2.24) is 0 Å². The average Bonchev–Trinajstić information content (AvgIpc) is 3.08. The topological polar surface area (TPSA) is 76.1 Å². The van der Waals surface area contributed by atoms with Crippen molar-refractivity contribution in [3.05, 3.63) is 93.0 Å². The first-order chi connectivity index (χ1) is 16.3. The summed E-state index contributed by atoms with van der Waals surface area (Å²) in [5.41, 5.74) is 1.95. The Kier molecular flexibility index (Phi) is 6.55. The Balaban J connectivity index is 2.04. The van der Waals surface area contributed by atoms with Crippen LogP contribution >= 0.6 is 23.2 Å². The van der Waals surface area contributed by atoms with E-state index in [9.17, 15) is 14.7 Å². The summed E-state index contributed by atoms with van der Waals surface area (Å²) in [5.74, 6) is -1.50. The summed E-state index contributed by atoms with van der Waals surface area (Å²) in [6.07, 6.45) is 0. The van der Waals surface area contributed by atoms with Crippen molar-refractivity contribution in [2.45, 2.75) is 13.0 Å². The number of carbonyl (C=O) groups is 2. The SMILES string of the molecule is COc1cccc(OC)c1/C(O)=C1\C(=O)C(=O)N(c2cc(Cl)cc(Cl)c2)C1c1cccc(C)c1. The minimum atomic E-state index is -0.941. The van der Waals surface area contributed by atoms with E-state index in [0.717, 1.165) is 5.56 Å². The lowest BCUT2D eigenvalue weighted by Gasteiger charge is -2.26.